The van der Waals surface area contributed by atoms with Gasteiger partial charge in [0.2, 0.25) is 0 Å². The minimum absolute atomic E-state index is 0.596. The van der Waals surface area contributed by atoms with Crippen LogP contribution in [0.5, 0.6) is 0 Å². The number of nitrogens with one attached hydrogen (secondary N) is 2. The molecule has 0 fully saturated rings. The first-order valence-electron chi connectivity index (χ1n) is 8.09. The van der Waals surface area contributed by atoms with E-state index < -0.39 is 0 Å². The Kier molecular flexibility index (Phi) is 8.74. The Morgan fingerprint density at radius 3 is 2.48 bits per heavy atom. The molecule has 1 aromatic heterocycles. The van der Waals surface area contributed by atoms with E-state index >= 15 is 0 Å². The molecule has 1 rings (SSSR count). The van der Waals surface area contributed by atoms with Crippen molar-refractivity contribution in [3.8, 4) is 0 Å². The van der Waals surface area contributed by atoms with Crippen molar-refractivity contribution < 1.29 is 4.74 Å². The van der Waals surface area contributed by atoms with Crippen molar-refractivity contribution in [1.82, 2.24) is 9.97 Å². The molecule has 5 heteroatoms. The summed E-state index contributed by atoms with van der Waals surface area (Å²) in [4.78, 5) is 9.05. The normalized spacial score (nSPS) is 10.9. The second-order valence-electron chi connectivity index (χ2n) is 5.58. The van der Waals surface area contributed by atoms with Crippen LogP contribution in [0, 0.1) is 5.92 Å². The van der Waals surface area contributed by atoms with Gasteiger partial charge in [-0.3, -0.25) is 0 Å². The number of hydrogen-bond donors (Lipinski definition) is 2. The molecule has 21 heavy (non-hydrogen) atoms. The average Bonchev–Trinajstić information content (AvgIpc) is 2.43. The molecule has 1 heterocycles. The van der Waals surface area contributed by atoms with E-state index in [0.717, 1.165) is 63.0 Å². The van der Waals surface area contributed by atoms with Crippen LogP contribution >= 0.6 is 0 Å². The summed E-state index contributed by atoms with van der Waals surface area (Å²) in [6.07, 6.45) is 2.94. The molecule has 0 atom stereocenters. The van der Waals surface area contributed by atoms with Crippen LogP contribution < -0.4 is 10.6 Å². The van der Waals surface area contributed by atoms with Crippen molar-refractivity contribution in [2.75, 3.05) is 36.9 Å². The Labute approximate surface area is 128 Å². The van der Waals surface area contributed by atoms with Crippen LogP contribution in [-0.4, -0.2) is 36.3 Å². The zero-order valence-electron chi connectivity index (χ0n) is 13.9. The Bertz CT molecular complexity index is 372. The third-order valence-electron chi connectivity index (χ3n) is 2.83. The maximum atomic E-state index is 5.57. The molecule has 0 spiro atoms. The van der Waals surface area contributed by atoms with Gasteiger partial charge < -0.3 is 15.4 Å². The first-order chi connectivity index (χ1) is 10.2. The van der Waals surface area contributed by atoms with E-state index in [9.17, 15) is 0 Å². The fourth-order valence-electron chi connectivity index (χ4n) is 1.90. The van der Waals surface area contributed by atoms with E-state index in [0.29, 0.717) is 5.92 Å². The fraction of sp³-hybridized carbons (Fsp3) is 0.750. The van der Waals surface area contributed by atoms with Gasteiger partial charge in [0.05, 0.1) is 0 Å². The molecule has 0 aliphatic rings. The van der Waals surface area contributed by atoms with Crippen molar-refractivity contribution in [3.05, 3.63) is 11.9 Å². The monoisotopic (exact) mass is 294 g/mol. The summed E-state index contributed by atoms with van der Waals surface area (Å²) in [6.45, 7) is 11.9. The summed E-state index contributed by atoms with van der Waals surface area (Å²) in [5.41, 5.74) is 0. The molecule has 120 valence electrons. The van der Waals surface area contributed by atoms with Crippen LogP contribution in [0.2, 0.25) is 0 Å². The Balaban J connectivity index is 2.41. The van der Waals surface area contributed by atoms with Crippen LogP contribution in [0.15, 0.2) is 6.07 Å². The van der Waals surface area contributed by atoms with E-state index in [1.54, 1.807) is 0 Å². The smallest absolute Gasteiger partial charge is 0.133 e. The van der Waals surface area contributed by atoms with E-state index in [1.807, 2.05) is 6.07 Å². The summed E-state index contributed by atoms with van der Waals surface area (Å²) in [6, 6.07) is 1.97. The molecular formula is C16H30N4O. The van der Waals surface area contributed by atoms with Crippen molar-refractivity contribution >= 4 is 11.6 Å². The number of ether oxygens (including phenoxy) is 1. The Morgan fingerprint density at radius 1 is 1.14 bits per heavy atom. The number of anilines is 2. The minimum Gasteiger partial charge on any atom is -0.381 e. The van der Waals surface area contributed by atoms with Crippen LogP contribution in [0.3, 0.4) is 0 Å². The number of hydrogen-bond acceptors (Lipinski definition) is 5. The lowest BCUT2D eigenvalue weighted by molar-refractivity contribution is 0.110. The van der Waals surface area contributed by atoms with Gasteiger partial charge in [0.25, 0.3) is 0 Å². The molecule has 5 nitrogen and oxygen atoms in total. The first-order valence-corrected chi connectivity index (χ1v) is 8.09. The predicted molar refractivity (Wildman–Crippen MR) is 89.0 cm³/mol. The van der Waals surface area contributed by atoms with Gasteiger partial charge >= 0.3 is 0 Å². The SMILES string of the molecule is CCCc1nc(NCC)cc(NCCCOCC(C)C)n1. The Hall–Kier alpha value is -1.36. The van der Waals surface area contributed by atoms with Crippen LogP contribution in [0.25, 0.3) is 0 Å². The highest BCUT2D eigenvalue weighted by Gasteiger charge is 2.03. The Morgan fingerprint density at radius 2 is 1.86 bits per heavy atom. The summed E-state index contributed by atoms with van der Waals surface area (Å²) in [5.74, 6) is 3.29. The van der Waals surface area contributed by atoms with Gasteiger partial charge in [-0.05, 0) is 25.7 Å². The summed E-state index contributed by atoms with van der Waals surface area (Å²) in [5, 5.41) is 6.61. The van der Waals surface area contributed by atoms with E-state index in [-0.39, 0.29) is 0 Å². The van der Waals surface area contributed by atoms with Crippen LogP contribution in [0.4, 0.5) is 11.6 Å². The van der Waals surface area contributed by atoms with Crippen LogP contribution in [-0.2, 0) is 11.2 Å². The number of aromatic nitrogens is 2. The van der Waals surface area contributed by atoms with Crippen LogP contribution in [0.1, 0.15) is 46.4 Å². The van der Waals surface area contributed by atoms with Gasteiger partial charge in [0, 0.05) is 38.8 Å². The summed E-state index contributed by atoms with van der Waals surface area (Å²) < 4.78 is 5.57. The lowest BCUT2D eigenvalue weighted by Gasteiger charge is -2.11. The highest BCUT2D eigenvalue weighted by atomic mass is 16.5. The molecule has 0 amide bonds. The lowest BCUT2D eigenvalue weighted by atomic mass is 10.2. The largest absolute Gasteiger partial charge is 0.381 e. The average molecular weight is 294 g/mol. The molecule has 0 radical (unpaired) electrons. The lowest BCUT2D eigenvalue weighted by Crippen LogP contribution is -2.11. The van der Waals surface area contributed by atoms with E-state index in [4.69, 9.17) is 4.74 Å². The van der Waals surface area contributed by atoms with E-state index in [2.05, 4.69) is 48.3 Å². The van der Waals surface area contributed by atoms with Gasteiger partial charge in [0.15, 0.2) is 0 Å². The highest BCUT2D eigenvalue weighted by molar-refractivity contribution is 5.47. The fourth-order valence-corrected chi connectivity index (χ4v) is 1.90. The van der Waals surface area contributed by atoms with Gasteiger partial charge in [0.1, 0.15) is 17.5 Å². The van der Waals surface area contributed by atoms with Crippen molar-refractivity contribution in [2.45, 2.75) is 47.0 Å². The molecule has 0 unspecified atom stereocenters. The molecule has 1 aromatic rings. The molecular weight excluding hydrogens is 264 g/mol. The molecule has 0 bridgehead atoms. The van der Waals surface area contributed by atoms with Crippen molar-refractivity contribution in [3.63, 3.8) is 0 Å². The van der Waals surface area contributed by atoms with E-state index in [1.165, 1.54) is 0 Å². The minimum atomic E-state index is 0.596. The second-order valence-corrected chi connectivity index (χ2v) is 5.58. The zero-order valence-corrected chi connectivity index (χ0v) is 13.9. The summed E-state index contributed by atoms with van der Waals surface area (Å²) >= 11 is 0. The number of nitrogens with zero attached hydrogens (tertiary/aromatic N) is 2. The summed E-state index contributed by atoms with van der Waals surface area (Å²) in [7, 11) is 0. The molecule has 0 saturated heterocycles. The van der Waals surface area contributed by atoms with Gasteiger partial charge in [-0.2, -0.15) is 0 Å². The molecule has 0 aliphatic heterocycles. The maximum Gasteiger partial charge on any atom is 0.133 e. The molecule has 0 saturated carbocycles. The predicted octanol–water partition coefficient (Wildman–Crippen LogP) is 3.34. The number of rotatable bonds is 11. The standard InChI is InChI=1S/C16H30N4O/c1-5-8-14-19-15(17-6-2)11-16(20-14)18-9-7-10-21-12-13(3)4/h11,13H,5-10,12H2,1-4H3,(H2,17,18,19,20). The van der Waals surface area contributed by atoms with Crippen molar-refractivity contribution in [1.29, 1.82) is 0 Å². The topological polar surface area (TPSA) is 59.1 Å². The third-order valence-corrected chi connectivity index (χ3v) is 2.83. The highest BCUT2D eigenvalue weighted by Crippen LogP contribution is 2.12. The second kappa shape index (κ2) is 10.4. The molecule has 0 aliphatic carbocycles. The van der Waals surface area contributed by atoms with Gasteiger partial charge in [-0.1, -0.05) is 20.8 Å². The third kappa shape index (κ3) is 7.85. The van der Waals surface area contributed by atoms with Gasteiger partial charge in [-0.25, -0.2) is 9.97 Å². The first kappa shape index (κ1) is 17.7. The number of aryl methyl sites for hydroxylation is 1. The maximum absolute atomic E-state index is 5.57. The van der Waals surface area contributed by atoms with Crippen molar-refractivity contribution in [2.24, 2.45) is 5.92 Å². The quantitative estimate of drug-likeness (QED) is 0.613. The zero-order chi connectivity index (χ0) is 15.5. The molecule has 2 N–H and O–H groups in total. The van der Waals surface area contributed by atoms with Gasteiger partial charge in [-0.15, -0.1) is 0 Å². The molecule has 0 aromatic carbocycles.